The lowest BCUT2D eigenvalue weighted by Crippen LogP contribution is -2.48. The number of rotatable bonds is 11. The highest BCUT2D eigenvalue weighted by Gasteiger charge is 2.37. The van der Waals surface area contributed by atoms with Crippen LogP contribution in [0.25, 0.3) is 10.9 Å². The van der Waals surface area contributed by atoms with E-state index in [2.05, 4.69) is 23.7 Å². The number of aromatic amines is 1. The first-order chi connectivity index (χ1) is 16.3. The number of carbonyl (C=O) groups excluding carboxylic acids is 3. The zero-order valence-electron chi connectivity index (χ0n) is 20.5. The largest absolute Gasteiger partial charge is 0.467 e. The Bertz CT molecular complexity index is 1050. The maximum atomic E-state index is 12.9. The maximum absolute atomic E-state index is 12.9. The Kier molecular flexibility index (Phi) is 8.85. The smallest absolute Gasteiger partial charge is 0.328 e. The highest BCUT2D eigenvalue weighted by atomic mass is 16.5. The van der Waals surface area contributed by atoms with Gasteiger partial charge >= 0.3 is 5.97 Å². The van der Waals surface area contributed by atoms with E-state index in [1.165, 1.54) is 14.0 Å². The van der Waals surface area contributed by atoms with Crippen molar-refractivity contribution in [2.24, 2.45) is 17.8 Å². The van der Waals surface area contributed by atoms with Gasteiger partial charge in [0.1, 0.15) is 11.8 Å². The average Bonchev–Trinajstić information content (AvgIpc) is 3.41. The van der Waals surface area contributed by atoms with Crippen molar-refractivity contribution >= 4 is 28.6 Å². The summed E-state index contributed by atoms with van der Waals surface area (Å²) >= 11 is 0. The zero-order valence-corrected chi connectivity index (χ0v) is 20.5. The number of hydrogen-bond acceptors (Lipinski definition) is 4. The summed E-state index contributed by atoms with van der Waals surface area (Å²) < 4.78 is 5.13. The molecular formula is C28H36N2O4. The van der Waals surface area contributed by atoms with Crippen molar-refractivity contribution in [2.45, 2.75) is 52.0 Å². The average molecular weight is 465 g/mol. The van der Waals surface area contributed by atoms with Crippen LogP contribution in [-0.4, -0.2) is 47.2 Å². The van der Waals surface area contributed by atoms with Crippen LogP contribution in [0.3, 0.4) is 0 Å². The number of H-pyrrole nitrogens is 1. The summed E-state index contributed by atoms with van der Waals surface area (Å²) in [5.74, 6) is 0.465. The molecule has 1 heterocycles. The fourth-order valence-electron chi connectivity index (χ4n) is 5.09. The highest BCUT2D eigenvalue weighted by molar-refractivity contribution is 5.86. The van der Waals surface area contributed by atoms with Crippen molar-refractivity contribution in [3.05, 3.63) is 60.8 Å². The van der Waals surface area contributed by atoms with E-state index in [1.54, 1.807) is 11.8 Å². The third-order valence-electron chi connectivity index (χ3n) is 6.94. The molecule has 1 amide bonds. The Morgan fingerprint density at radius 2 is 2.00 bits per heavy atom. The molecular weight excluding hydrogens is 428 g/mol. The van der Waals surface area contributed by atoms with Crippen molar-refractivity contribution in [3.8, 4) is 0 Å². The molecule has 1 aliphatic carbocycles. The number of methoxy groups -OCH3 is 1. The molecule has 0 aliphatic heterocycles. The summed E-state index contributed by atoms with van der Waals surface area (Å²) in [6.07, 6.45) is 11.7. The lowest BCUT2D eigenvalue weighted by atomic mass is 9.93. The van der Waals surface area contributed by atoms with E-state index in [9.17, 15) is 14.4 Å². The second-order valence-electron chi connectivity index (χ2n) is 9.33. The Morgan fingerprint density at radius 3 is 2.68 bits per heavy atom. The number of hydrogen-bond donors (Lipinski definition) is 1. The van der Waals surface area contributed by atoms with E-state index in [0.29, 0.717) is 25.3 Å². The van der Waals surface area contributed by atoms with Crippen LogP contribution in [-0.2, 0) is 25.5 Å². The maximum Gasteiger partial charge on any atom is 0.328 e. The minimum absolute atomic E-state index is 0.142. The number of para-hydroxylation sites is 1. The molecule has 1 aromatic heterocycles. The molecule has 6 heteroatoms. The van der Waals surface area contributed by atoms with Crippen LogP contribution in [0.4, 0.5) is 0 Å². The van der Waals surface area contributed by atoms with Crippen LogP contribution in [0.2, 0.25) is 0 Å². The topological polar surface area (TPSA) is 79.5 Å². The first-order valence-corrected chi connectivity index (χ1v) is 12.0. The molecule has 1 aliphatic rings. The minimum atomic E-state index is -0.702. The molecule has 1 fully saturated rings. The molecule has 1 aromatic carbocycles. The van der Waals surface area contributed by atoms with Gasteiger partial charge in [0.15, 0.2) is 0 Å². The van der Waals surface area contributed by atoms with Crippen LogP contribution >= 0.6 is 0 Å². The molecule has 1 N–H and O–H groups in total. The molecule has 0 spiro atoms. The standard InChI is InChI=1S/C28H36N2O4/c1-5-21-14-22(11-7-6-10-19(2)31)24(15-21)18-30(20(3)32)27(28(33)34-4)16-23-17-29-26-13-9-8-12-25(23)26/h5,7-9,11-13,17,21-22,24,27,29H,1,6,10,14-16,18H2,2-4H3/b11-7+/t21-,22+,24?,27?/m0/s1. The number of nitrogens with one attached hydrogen (secondary N) is 1. The number of Topliss-reactive ketones (excluding diaryl/α,β-unsaturated/α-hetero) is 1. The van der Waals surface area contributed by atoms with Gasteiger partial charge in [-0.1, -0.05) is 36.4 Å². The van der Waals surface area contributed by atoms with E-state index in [4.69, 9.17) is 4.74 Å². The Labute approximate surface area is 202 Å². The molecule has 0 bridgehead atoms. The van der Waals surface area contributed by atoms with E-state index >= 15 is 0 Å². The molecule has 3 rings (SSSR count). The first kappa shape index (κ1) is 25.5. The number of ketones is 1. The van der Waals surface area contributed by atoms with Crippen LogP contribution in [0.5, 0.6) is 0 Å². The molecule has 2 aromatic rings. The predicted molar refractivity (Wildman–Crippen MR) is 134 cm³/mol. The van der Waals surface area contributed by atoms with E-state index in [0.717, 1.165) is 35.7 Å². The van der Waals surface area contributed by atoms with Crippen molar-refractivity contribution in [1.29, 1.82) is 0 Å². The summed E-state index contributed by atoms with van der Waals surface area (Å²) in [5.41, 5.74) is 1.98. The van der Waals surface area contributed by atoms with Gasteiger partial charge in [0.25, 0.3) is 0 Å². The van der Waals surface area contributed by atoms with E-state index < -0.39 is 12.0 Å². The normalized spacial score (nSPS) is 21.0. The van der Waals surface area contributed by atoms with Crippen LogP contribution < -0.4 is 0 Å². The Morgan fingerprint density at radius 1 is 1.24 bits per heavy atom. The zero-order chi connectivity index (χ0) is 24.7. The lowest BCUT2D eigenvalue weighted by molar-refractivity contribution is -0.152. The molecule has 34 heavy (non-hydrogen) atoms. The minimum Gasteiger partial charge on any atom is -0.467 e. The third-order valence-corrected chi connectivity index (χ3v) is 6.94. The number of ether oxygens (including phenoxy) is 1. The number of amides is 1. The van der Waals surface area contributed by atoms with Crippen molar-refractivity contribution < 1.29 is 19.1 Å². The highest BCUT2D eigenvalue weighted by Crippen LogP contribution is 2.39. The van der Waals surface area contributed by atoms with Gasteiger partial charge in [-0.05, 0) is 55.6 Å². The molecule has 6 nitrogen and oxygen atoms in total. The number of fused-ring (bicyclic) bond motifs is 1. The van der Waals surface area contributed by atoms with Gasteiger partial charge in [-0.25, -0.2) is 4.79 Å². The quantitative estimate of drug-likeness (QED) is 0.381. The van der Waals surface area contributed by atoms with Gasteiger partial charge in [0.2, 0.25) is 5.91 Å². The van der Waals surface area contributed by atoms with Crippen molar-refractivity contribution in [1.82, 2.24) is 9.88 Å². The Balaban J connectivity index is 1.82. The number of aromatic nitrogens is 1. The fourth-order valence-corrected chi connectivity index (χ4v) is 5.09. The fraction of sp³-hybridized carbons (Fsp3) is 0.464. The van der Waals surface area contributed by atoms with Gasteiger partial charge < -0.3 is 19.4 Å². The molecule has 1 saturated carbocycles. The van der Waals surface area contributed by atoms with E-state index in [-0.39, 0.29) is 23.5 Å². The predicted octanol–water partition coefficient (Wildman–Crippen LogP) is 4.85. The summed E-state index contributed by atoms with van der Waals surface area (Å²) in [5, 5.41) is 1.04. The van der Waals surface area contributed by atoms with Crippen LogP contribution in [0.1, 0.15) is 45.1 Å². The molecule has 0 saturated heterocycles. The third kappa shape index (κ3) is 6.25. The van der Waals surface area contributed by atoms with Gasteiger partial charge in [0, 0.05) is 43.4 Å². The Hall–Kier alpha value is -3.15. The second kappa shape index (κ2) is 11.8. The number of esters is 1. The summed E-state index contributed by atoms with van der Waals surface area (Å²) in [6, 6.07) is 7.23. The van der Waals surface area contributed by atoms with Gasteiger partial charge in [-0.3, -0.25) is 4.79 Å². The van der Waals surface area contributed by atoms with Gasteiger partial charge in [0.05, 0.1) is 7.11 Å². The number of carbonyl (C=O) groups is 3. The molecule has 2 unspecified atom stereocenters. The van der Waals surface area contributed by atoms with Gasteiger partial charge in [-0.2, -0.15) is 0 Å². The van der Waals surface area contributed by atoms with Gasteiger partial charge in [-0.15, -0.1) is 6.58 Å². The SMILES string of the molecule is C=C[C@@H]1CC(CN(C(C)=O)C(Cc2c[nH]c3ccccc23)C(=O)OC)[C@H](/C=C/CCC(C)=O)C1. The number of allylic oxidation sites excluding steroid dienone is 3. The summed E-state index contributed by atoms with van der Waals surface area (Å²) in [4.78, 5) is 41.9. The monoisotopic (exact) mass is 464 g/mol. The summed E-state index contributed by atoms with van der Waals surface area (Å²) in [7, 11) is 1.37. The summed E-state index contributed by atoms with van der Waals surface area (Å²) in [6.45, 7) is 7.57. The molecule has 182 valence electrons. The van der Waals surface area contributed by atoms with Crippen molar-refractivity contribution in [3.63, 3.8) is 0 Å². The van der Waals surface area contributed by atoms with Crippen LogP contribution in [0, 0.1) is 17.8 Å². The molecule has 0 radical (unpaired) electrons. The number of benzene rings is 1. The lowest BCUT2D eigenvalue weighted by Gasteiger charge is -2.32. The second-order valence-corrected chi connectivity index (χ2v) is 9.33. The first-order valence-electron chi connectivity index (χ1n) is 12.0. The molecule has 4 atom stereocenters. The van der Waals surface area contributed by atoms with Crippen LogP contribution in [0.15, 0.2) is 55.3 Å². The van der Waals surface area contributed by atoms with Crippen molar-refractivity contribution in [2.75, 3.05) is 13.7 Å². The van der Waals surface area contributed by atoms with E-state index in [1.807, 2.05) is 36.5 Å². The number of nitrogens with zero attached hydrogens (tertiary/aromatic N) is 1.